The highest BCUT2D eigenvalue weighted by atomic mass is 16.5. The van der Waals surface area contributed by atoms with Crippen LogP contribution in [0.4, 0.5) is 10.5 Å². The molecule has 1 aromatic heterocycles. The summed E-state index contributed by atoms with van der Waals surface area (Å²) in [5, 5.41) is 2.61. The predicted octanol–water partition coefficient (Wildman–Crippen LogP) is 2.92. The van der Waals surface area contributed by atoms with Crippen molar-refractivity contribution in [2.45, 2.75) is 20.8 Å². The van der Waals surface area contributed by atoms with Gasteiger partial charge in [0, 0.05) is 6.20 Å². The lowest BCUT2D eigenvalue weighted by atomic mass is 10.00. The number of amides is 1. The van der Waals surface area contributed by atoms with Gasteiger partial charge in [0.25, 0.3) is 0 Å². The van der Waals surface area contributed by atoms with Crippen molar-refractivity contribution in [1.29, 1.82) is 0 Å². The number of anilines is 1. The molecule has 0 saturated carbocycles. The Bertz CT molecular complexity index is 325. The van der Waals surface area contributed by atoms with E-state index in [2.05, 4.69) is 31.1 Å². The number of aromatic nitrogens is 1. The summed E-state index contributed by atoms with van der Waals surface area (Å²) in [4.78, 5) is 15.3. The lowest BCUT2D eigenvalue weighted by Crippen LogP contribution is -2.20. The van der Waals surface area contributed by atoms with Crippen LogP contribution in [0.2, 0.25) is 0 Å². The fourth-order valence-corrected chi connectivity index (χ4v) is 0.990. The smallest absolute Gasteiger partial charge is 0.411 e. The molecule has 0 aliphatic rings. The van der Waals surface area contributed by atoms with Crippen molar-refractivity contribution in [3.8, 4) is 0 Å². The average Bonchev–Trinajstić information content (AvgIpc) is 2.27. The second-order valence-corrected chi connectivity index (χ2v) is 4.19. The van der Waals surface area contributed by atoms with Crippen LogP contribution in [0.15, 0.2) is 24.5 Å². The van der Waals surface area contributed by atoms with E-state index >= 15 is 0 Å². The third-order valence-corrected chi connectivity index (χ3v) is 2.52. The van der Waals surface area contributed by atoms with Crippen molar-refractivity contribution in [1.82, 2.24) is 4.98 Å². The molecule has 0 aliphatic carbocycles. The van der Waals surface area contributed by atoms with E-state index < -0.39 is 6.09 Å². The van der Waals surface area contributed by atoms with Crippen LogP contribution in [-0.4, -0.2) is 17.7 Å². The molecule has 16 heavy (non-hydrogen) atoms. The number of hydrogen-bond acceptors (Lipinski definition) is 3. The molecule has 1 N–H and O–H groups in total. The Hall–Kier alpha value is -1.58. The van der Waals surface area contributed by atoms with Gasteiger partial charge in [-0.25, -0.2) is 4.79 Å². The summed E-state index contributed by atoms with van der Waals surface area (Å²) in [5.41, 5.74) is 0.643. The van der Waals surface area contributed by atoms with Crippen LogP contribution in [0.25, 0.3) is 0 Å². The minimum absolute atomic E-state index is 0.361. The molecule has 0 bridgehead atoms. The predicted molar refractivity (Wildman–Crippen MR) is 63.2 cm³/mol. The van der Waals surface area contributed by atoms with Crippen LogP contribution in [0, 0.1) is 11.8 Å². The molecule has 1 amide bonds. The van der Waals surface area contributed by atoms with Crippen LogP contribution >= 0.6 is 0 Å². The van der Waals surface area contributed by atoms with Crippen molar-refractivity contribution >= 4 is 11.8 Å². The molecule has 0 fully saturated rings. The maximum atomic E-state index is 11.4. The van der Waals surface area contributed by atoms with E-state index in [9.17, 15) is 4.79 Å². The monoisotopic (exact) mass is 222 g/mol. The van der Waals surface area contributed by atoms with E-state index in [0.29, 0.717) is 24.1 Å². The van der Waals surface area contributed by atoms with Crippen molar-refractivity contribution in [3.05, 3.63) is 24.5 Å². The zero-order chi connectivity index (χ0) is 12.0. The van der Waals surface area contributed by atoms with Gasteiger partial charge in [-0.3, -0.25) is 10.3 Å². The van der Waals surface area contributed by atoms with E-state index in [1.807, 2.05) is 0 Å². The van der Waals surface area contributed by atoms with Crippen LogP contribution < -0.4 is 5.32 Å². The summed E-state index contributed by atoms with van der Waals surface area (Å²) in [7, 11) is 0. The first-order chi connectivity index (χ1) is 7.59. The Labute approximate surface area is 96.0 Å². The number of carbonyl (C=O) groups is 1. The molecule has 0 spiro atoms. The highest BCUT2D eigenvalue weighted by Gasteiger charge is 2.10. The van der Waals surface area contributed by atoms with Gasteiger partial charge in [-0.05, 0) is 24.0 Å². The Morgan fingerprint density at radius 2 is 2.25 bits per heavy atom. The van der Waals surface area contributed by atoms with E-state index in [-0.39, 0.29) is 0 Å². The summed E-state index contributed by atoms with van der Waals surface area (Å²) in [6, 6.07) is 3.52. The van der Waals surface area contributed by atoms with Crippen molar-refractivity contribution in [2.24, 2.45) is 11.8 Å². The van der Waals surface area contributed by atoms with E-state index in [4.69, 9.17) is 4.74 Å². The van der Waals surface area contributed by atoms with Crippen molar-refractivity contribution in [2.75, 3.05) is 11.9 Å². The summed E-state index contributed by atoms with van der Waals surface area (Å²) in [5.74, 6) is 0.867. The van der Waals surface area contributed by atoms with Gasteiger partial charge in [-0.15, -0.1) is 0 Å². The molecular weight excluding hydrogens is 204 g/mol. The number of ether oxygens (including phenoxy) is 1. The third-order valence-electron chi connectivity index (χ3n) is 2.52. The van der Waals surface area contributed by atoms with Gasteiger partial charge >= 0.3 is 6.09 Å². The third kappa shape index (κ3) is 4.29. The molecule has 1 atom stereocenters. The van der Waals surface area contributed by atoms with Gasteiger partial charge in [-0.1, -0.05) is 20.8 Å². The van der Waals surface area contributed by atoms with Gasteiger partial charge in [-0.2, -0.15) is 0 Å². The van der Waals surface area contributed by atoms with Gasteiger partial charge in [0.2, 0.25) is 0 Å². The summed E-state index contributed by atoms with van der Waals surface area (Å²) < 4.78 is 5.09. The minimum Gasteiger partial charge on any atom is -0.449 e. The quantitative estimate of drug-likeness (QED) is 0.852. The number of carbonyl (C=O) groups excluding carboxylic acids is 1. The molecule has 0 saturated heterocycles. The lowest BCUT2D eigenvalue weighted by molar-refractivity contribution is 0.133. The molecule has 4 heteroatoms. The zero-order valence-electron chi connectivity index (χ0n) is 9.93. The number of hydrogen-bond donors (Lipinski definition) is 1. The first-order valence-corrected chi connectivity index (χ1v) is 5.43. The van der Waals surface area contributed by atoms with Gasteiger partial charge in [0.1, 0.15) is 0 Å². The highest BCUT2D eigenvalue weighted by Crippen LogP contribution is 2.10. The SMILES string of the molecule is CC(C)[C@H](C)COC(=O)Nc1cccnc1. The van der Waals surface area contributed by atoms with Gasteiger partial charge < -0.3 is 4.74 Å². The van der Waals surface area contributed by atoms with E-state index in [1.165, 1.54) is 0 Å². The second-order valence-electron chi connectivity index (χ2n) is 4.19. The second kappa shape index (κ2) is 6.10. The molecule has 88 valence electrons. The standard InChI is InChI=1S/C12H18N2O2/c1-9(2)10(3)8-16-12(15)14-11-5-4-6-13-7-11/h4-7,9-10H,8H2,1-3H3,(H,14,15)/t10-/m1/s1. The van der Waals surface area contributed by atoms with Crippen LogP contribution in [0.1, 0.15) is 20.8 Å². The molecule has 1 heterocycles. The average molecular weight is 222 g/mol. The Morgan fingerprint density at radius 3 is 2.81 bits per heavy atom. The topological polar surface area (TPSA) is 51.2 Å². The largest absolute Gasteiger partial charge is 0.449 e. The lowest BCUT2D eigenvalue weighted by Gasteiger charge is -2.15. The fourth-order valence-electron chi connectivity index (χ4n) is 0.990. The van der Waals surface area contributed by atoms with Gasteiger partial charge in [0.05, 0.1) is 18.5 Å². The number of rotatable bonds is 4. The normalized spacial score (nSPS) is 12.2. The Balaban J connectivity index is 2.32. The Kier molecular flexibility index (Phi) is 4.76. The van der Waals surface area contributed by atoms with Crippen molar-refractivity contribution in [3.63, 3.8) is 0 Å². The maximum Gasteiger partial charge on any atom is 0.411 e. The molecule has 0 aromatic carbocycles. The number of pyridine rings is 1. The first-order valence-electron chi connectivity index (χ1n) is 5.43. The van der Waals surface area contributed by atoms with Crippen LogP contribution in [-0.2, 0) is 4.74 Å². The minimum atomic E-state index is -0.430. The maximum absolute atomic E-state index is 11.4. The molecule has 0 unspecified atom stereocenters. The summed E-state index contributed by atoms with van der Waals surface area (Å²) in [6.07, 6.45) is 2.80. The molecule has 1 rings (SSSR count). The number of nitrogens with zero attached hydrogens (tertiary/aromatic N) is 1. The molecule has 4 nitrogen and oxygen atoms in total. The molecule has 0 radical (unpaired) electrons. The highest BCUT2D eigenvalue weighted by molar-refractivity contribution is 5.84. The van der Waals surface area contributed by atoms with Crippen LogP contribution in [0.5, 0.6) is 0 Å². The van der Waals surface area contributed by atoms with Gasteiger partial charge in [0.15, 0.2) is 0 Å². The van der Waals surface area contributed by atoms with E-state index in [0.717, 1.165) is 0 Å². The zero-order valence-corrected chi connectivity index (χ0v) is 9.93. The molecule has 0 aliphatic heterocycles. The van der Waals surface area contributed by atoms with E-state index in [1.54, 1.807) is 24.5 Å². The number of nitrogens with one attached hydrogen (secondary N) is 1. The molecule has 1 aromatic rings. The van der Waals surface area contributed by atoms with Crippen molar-refractivity contribution < 1.29 is 9.53 Å². The first kappa shape index (κ1) is 12.5. The summed E-state index contributed by atoms with van der Waals surface area (Å²) in [6.45, 7) is 6.70. The fraction of sp³-hybridized carbons (Fsp3) is 0.500. The van der Waals surface area contributed by atoms with Crippen LogP contribution in [0.3, 0.4) is 0 Å². The Morgan fingerprint density at radius 1 is 1.50 bits per heavy atom. The summed E-state index contributed by atoms with van der Waals surface area (Å²) >= 11 is 0. The molecular formula is C12H18N2O2.